The molecular formula is C39H79N2O6P. The molecule has 0 rings (SSSR count). The van der Waals surface area contributed by atoms with Gasteiger partial charge in [0, 0.05) is 6.42 Å². The molecule has 3 unspecified atom stereocenters. The van der Waals surface area contributed by atoms with Gasteiger partial charge in [0.25, 0.3) is 7.82 Å². The van der Waals surface area contributed by atoms with E-state index in [1.54, 1.807) is 6.08 Å². The number of phosphoric ester groups is 1. The smallest absolute Gasteiger partial charge is 0.268 e. The highest BCUT2D eigenvalue weighted by molar-refractivity contribution is 7.45. The predicted octanol–water partition coefficient (Wildman–Crippen LogP) is 9.78. The van der Waals surface area contributed by atoms with E-state index in [1.165, 1.54) is 122 Å². The Morgan fingerprint density at radius 1 is 0.708 bits per heavy atom. The summed E-state index contributed by atoms with van der Waals surface area (Å²) in [6, 6.07) is -0.876. The molecule has 0 saturated carbocycles. The summed E-state index contributed by atoms with van der Waals surface area (Å²) in [7, 11) is 1.26. The topological polar surface area (TPSA) is 108 Å². The summed E-state index contributed by atoms with van der Waals surface area (Å²) < 4.78 is 22.9. The van der Waals surface area contributed by atoms with Gasteiger partial charge in [-0.3, -0.25) is 9.36 Å². The zero-order valence-electron chi connectivity index (χ0n) is 32.2. The standard InChI is InChI=1S/C39H79N2O6P/c1-6-8-10-11-12-13-14-15-16-17-18-19-20-21-22-23-24-25-26-27-28-29-31-32-38(42)37(40-39(43)33-30-9-7-2)36-47-48(44,45)46-35-34-41(3,4)5/h31-32,37-38,42H,6-30,33-36H2,1-5H3,(H-,40,43,44,45)/b32-31+. The van der Waals surface area contributed by atoms with Crippen molar-refractivity contribution in [3.63, 3.8) is 0 Å². The SMILES string of the molecule is CCCCCCCCCCCCCCCCCCCCCCC/C=C/C(O)C(COP(=O)([O-])OCC[N+](C)(C)C)NC(=O)CCCCC. The number of hydrogen-bond donors (Lipinski definition) is 2. The molecule has 286 valence electrons. The van der Waals surface area contributed by atoms with Crippen molar-refractivity contribution in [1.82, 2.24) is 5.32 Å². The highest BCUT2D eigenvalue weighted by Gasteiger charge is 2.23. The van der Waals surface area contributed by atoms with E-state index in [0.29, 0.717) is 17.4 Å². The van der Waals surface area contributed by atoms with Crippen molar-refractivity contribution in [2.75, 3.05) is 40.9 Å². The molecule has 1 amide bonds. The minimum atomic E-state index is -4.56. The lowest BCUT2D eigenvalue weighted by Gasteiger charge is -2.29. The molecule has 2 N–H and O–H groups in total. The molecule has 0 aromatic carbocycles. The third-order valence-corrected chi connectivity index (χ3v) is 9.96. The molecule has 0 saturated heterocycles. The average Bonchev–Trinajstić information content (AvgIpc) is 3.02. The largest absolute Gasteiger partial charge is 0.756 e. The quantitative estimate of drug-likeness (QED) is 0.0291. The van der Waals surface area contributed by atoms with Crippen LogP contribution in [0, 0.1) is 0 Å². The second-order valence-corrected chi connectivity index (χ2v) is 16.4. The van der Waals surface area contributed by atoms with Crippen LogP contribution in [0.4, 0.5) is 0 Å². The van der Waals surface area contributed by atoms with Gasteiger partial charge in [0.05, 0.1) is 39.9 Å². The molecule has 8 nitrogen and oxygen atoms in total. The summed E-state index contributed by atoms with van der Waals surface area (Å²) in [4.78, 5) is 24.7. The lowest BCUT2D eigenvalue weighted by molar-refractivity contribution is -0.870. The first-order valence-corrected chi connectivity index (χ1v) is 21.5. The van der Waals surface area contributed by atoms with E-state index >= 15 is 0 Å². The van der Waals surface area contributed by atoms with Crippen molar-refractivity contribution in [2.24, 2.45) is 0 Å². The third-order valence-electron chi connectivity index (χ3n) is 9.00. The van der Waals surface area contributed by atoms with Crippen molar-refractivity contribution in [2.45, 2.75) is 193 Å². The van der Waals surface area contributed by atoms with Crippen LogP contribution in [0.5, 0.6) is 0 Å². The van der Waals surface area contributed by atoms with Crippen LogP contribution in [0.3, 0.4) is 0 Å². The lowest BCUT2D eigenvalue weighted by atomic mass is 10.0. The number of quaternary nitrogens is 1. The molecule has 0 heterocycles. The molecule has 0 aliphatic heterocycles. The van der Waals surface area contributed by atoms with Crippen molar-refractivity contribution < 1.29 is 32.9 Å². The number of carbonyl (C=O) groups is 1. The number of carbonyl (C=O) groups excluding carboxylic acids is 1. The number of aliphatic hydroxyl groups excluding tert-OH is 1. The van der Waals surface area contributed by atoms with Gasteiger partial charge in [-0.1, -0.05) is 167 Å². The Morgan fingerprint density at radius 2 is 1.12 bits per heavy atom. The number of allylic oxidation sites excluding steroid dienone is 1. The van der Waals surface area contributed by atoms with Gasteiger partial charge in [0.15, 0.2) is 0 Å². The van der Waals surface area contributed by atoms with Gasteiger partial charge in [0.1, 0.15) is 13.2 Å². The van der Waals surface area contributed by atoms with Crippen LogP contribution in [-0.4, -0.2) is 68.5 Å². The summed E-state index contributed by atoms with van der Waals surface area (Å²) in [6.07, 6.45) is 34.9. The van der Waals surface area contributed by atoms with Crippen LogP contribution in [0.2, 0.25) is 0 Å². The number of amides is 1. The summed E-state index contributed by atoms with van der Waals surface area (Å²) in [5.74, 6) is -0.222. The van der Waals surface area contributed by atoms with E-state index in [1.807, 2.05) is 27.2 Å². The van der Waals surface area contributed by atoms with Crippen molar-refractivity contribution in [1.29, 1.82) is 0 Å². The van der Waals surface area contributed by atoms with E-state index in [-0.39, 0.29) is 19.1 Å². The number of hydrogen-bond acceptors (Lipinski definition) is 6. The molecular weight excluding hydrogens is 623 g/mol. The van der Waals surface area contributed by atoms with Crippen molar-refractivity contribution in [3.05, 3.63) is 12.2 Å². The third kappa shape index (κ3) is 33.7. The minimum absolute atomic E-state index is 0.000283. The summed E-state index contributed by atoms with van der Waals surface area (Å²) in [6.45, 7) is 4.47. The molecule has 0 radical (unpaired) electrons. The number of aliphatic hydroxyl groups is 1. The zero-order valence-corrected chi connectivity index (χ0v) is 33.1. The molecule has 0 aliphatic rings. The second kappa shape index (κ2) is 32.2. The molecule has 0 spiro atoms. The van der Waals surface area contributed by atoms with Crippen LogP contribution < -0.4 is 10.2 Å². The van der Waals surface area contributed by atoms with Crippen molar-refractivity contribution >= 4 is 13.7 Å². The normalized spacial score (nSPS) is 14.7. The Balaban J connectivity index is 4.03. The van der Waals surface area contributed by atoms with E-state index < -0.39 is 20.0 Å². The Bertz CT molecular complexity index is 804. The van der Waals surface area contributed by atoms with Gasteiger partial charge < -0.3 is 28.8 Å². The van der Waals surface area contributed by atoms with Gasteiger partial charge in [-0.15, -0.1) is 0 Å². The van der Waals surface area contributed by atoms with Crippen LogP contribution in [0.1, 0.15) is 181 Å². The number of nitrogens with one attached hydrogen (secondary N) is 1. The van der Waals surface area contributed by atoms with Crippen LogP contribution in [-0.2, 0) is 18.4 Å². The summed E-state index contributed by atoms with van der Waals surface area (Å²) in [5, 5.41) is 13.5. The Kier molecular flexibility index (Phi) is 31.7. The Hall–Kier alpha value is -0.760. The number of phosphoric acid groups is 1. The number of likely N-dealkylation sites (N-methyl/N-ethyl adjacent to an activating group) is 1. The molecule has 0 bridgehead atoms. The minimum Gasteiger partial charge on any atom is -0.756 e. The van der Waals surface area contributed by atoms with Gasteiger partial charge in [-0.05, 0) is 19.3 Å². The van der Waals surface area contributed by atoms with Gasteiger partial charge >= 0.3 is 0 Å². The van der Waals surface area contributed by atoms with E-state index in [0.717, 1.165) is 38.5 Å². The van der Waals surface area contributed by atoms with E-state index in [2.05, 4.69) is 19.2 Å². The van der Waals surface area contributed by atoms with Crippen LogP contribution >= 0.6 is 7.82 Å². The molecule has 9 heteroatoms. The fourth-order valence-corrected chi connectivity index (χ4v) is 6.46. The van der Waals surface area contributed by atoms with Crippen molar-refractivity contribution in [3.8, 4) is 0 Å². The van der Waals surface area contributed by atoms with Crippen LogP contribution in [0.25, 0.3) is 0 Å². The molecule has 0 aromatic rings. The Morgan fingerprint density at radius 3 is 1.56 bits per heavy atom. The predicted molar refractivity (Wildman–Crippen MR) is 201 cm³/mol. The van der Waals surface area contributed by atoms with E-state index in [9.17, 15) is 19.4 Å². The molecule has 48 heavy (non-hydrogen) atoms. The molecule has 0 aromatic heterocycles. The second-order valence-electron chi connectivity index (χ2n) is 15.0. The maximum absolute atomic E-state index is 12.4. The monoisotopic (exact) mass is 703 g/mol. The van der Waals surface area contributed by atoms with Gasteiger partial charge in [-0.2, -0.15) is 0 Å². The maximum atomic E-state index is 12.4. The summed E-state index contributed by atoms with van der Waals surface area (Å²) >= 11 is 0. The van der Waals surface area contributed by atoms with Gasteiger partial charge in [0.2, 0.25) is 5.91 Å². The fraction of sp³-hybridized carbons (Fsp3) is 0.923. The average molecular weight is 703 g/mol. The molecule has 0 fully saturated rings. The highest BCUT2D eigenvalue weighted by atomic mass is 31.2. The first-order valence-electron chi connectivity index (χ1n) is 20.1. The number of nitrogens with zero attached hydrogens (tertiary/aromatic N) is 1. The lowest BCUT2D eigenvalue weighted by Crippen LogP contribution is -2.45. The maximum Gasteiger partial charge on any atom is 0.268 e. The summed E-state index contributed by atoms with van der Waals surface area (Å²) in [5.41, 5.74) is 0. The first-order chi connectivity index (χ1) is 23.0. The molecule has 3 atom stereocenters. The first kappa shape index (κ1) is 47.2. The fourth-order valence-electron chi connectivity index (χ4n) is 5.74. The van der Waals surface area contributed by atoms with E-state index in [4.69, 9.17) is 9.05 Å². The zero-order chi connectivity index (χ0) is 35.8. The van der Waals surface area contributed by atoms with Crippen LogP contribution in [0.15, 0.2) is 12.2 Å². The molecule has 0 aliphatic carbocycles. The van der Waals surface area contributed by atoms with Gasteiger partial charge in [-0.25, -0.2) is 0 Å². The highest BCUT2D eigenvalue weighted by Crippen LogP contribution is 2.38. The number of unbranched alkanes of at least 4 members (excludes halogenated alkanes) is 23. The Labute approximate surface area is 297 Å². The number of rotatable bonds is 36.